The molecule has 0 saturated carbocycles. The lowest BCUT2D eigenvalue weighted by atomic mass is 10.3. The molecule has 1 unspecified atom stereocenters. The van der Waals surface area contributed by atoms with E-state index in [9.17, 15) is 9.59 Å². The van der Waals surface area contributed by atoms with Gasteiger partial charge in [-0.15, -0.1) is 0 Å². The van der Waals surface area contributed by atoms with Crippen LogP contribution in [-0.2, 0) is 9.59 Å². The molecule has 0 radical (unpaired) electrons. The Bertz CT molecular complexity index is 750. The van der Waals surface area contributed by atoms with Crippen molar-refractivity contribution < 1.29 is 23.8 Å². The van der Waals surface area contributed by atoms with E-state index in [2.05, 4.69) is 26.8 Å². The van der Waals surface area contributed by atoms with Crippen molar-refractivity contribution in [1.29, 1.82) is 0 Å². The second-order valence-corrected chi connectivity index (χ2v) is 6.36. The zero-order valence-corrected chi connectivity index (χ0v) is 16.6. The average Bonchev–Trinajstić information content (AvgIpc) is 2.67. The van der Waals surface area contributed by atoms with Crippen LogP contribution in [0.5, 0.6) is 17.2 Å². The molecule has 0 bridgehead atoms. The van der Waals surface area contributed by atoms with Crippen LogP contribution in [-0.4, -0.2) is 31.1 Å². The fraction of sp³-hybridized carbons (Fsp3) is 0.263. The first-order valence-electron chi connectivity index (χ1n) is 8.34. The van der Waals surface area contributed by atoms with Crippen LogP contribution in [0.4, 0.5) is 0 Å². The lowest BCUT2D eigenvalue weighted by Crippen LogP contribution is -2.48. The molecule has 0 heterocycles. The van der Waals surface area contributed by atoms with E-state index >= 15 is 0 Å². The summed E-state index contributed by atoms with van der Waals surface area (Å²) in [5, 5.41) is 0. The molecule has 0 aliphatic carbocycles. The molecule has 0 spiro atoms. The molecule has 144 valence electrons. The summed E-state index contributed by atoms with van der Waals surface area (Å²) in [7, 11) is 0. The molecule has 2 aromatic rings. The first-order valence-corrected chi connectivity index (χ1v) is 9.14. The van der Waals surface area contributed by atoms with Crippen molar-refractivity contribution in [1.82, 2.24) is 10.9 Å². The minimum atomic E-state index is -0.796. The van der Waals surface area contributed by atoms with E-state index < -0.39 is 17.9 Å². The first kappa shape index (κ1) is 20.6. The number of hydrogen-bond donors (Lipinski definition) is 2. The van der Waals surface area contributed by atoms with Gasteiger partial charge in [-0.05, 0) is 62.4 Å². The van der Waals surface area contributed by atoms with Crippen LogP contribution >= 0.6 is 15.9 Å². The van der Waals surface area contributed by atoms with Gasteiger partial charge in [0.2, 0.25) is 0 Å². The monoisotopic (exact) mass is 436 g/mol. The third kappa shape index (κ3) is 7.18. The van der Waals surface area contributed by atoms with Crippen molar-refractivity contribution in [3.8, 4) is 17.2 Å². The molecule has 2 N–H and O–H groups in total. The maximum atomic E-state index is 12.0. The highest BCUT2D eigenvalue weighted by Gasteiger charge is 2.15. The normalized spacial score (nSPS) is 11.2. The second kappa shape index (κ2) is 10.4. The number of nitrogens with one attached hydrogen (secondary N) is 2. The third-order valence-electron chi connectivity index (χ3n) is 3.33. The number of rotatable bonds is 8. The Morgan fingerprint density at radius 1 is 0.926 bits per heavy atom. The predicted molar refractivity (Wildman–Crippen MR) is 104 cm³/mol. The van der Waals surface area contributed by atoms with Crippen molar-refractivity contribution in [2.45, 2.75) is 20.0 Å². The highest BCUT2D eigenvalue weighted by Crippen LogP contribution is 2.18. The van der Waals surface area contributed by atoms with E-state index in [0.717, 1.165) is 10.2 Å². The van der Waals surface area contributed by atoms with Crippen molar-refractivity contribution >= 4 is 27.7 Å². The largest absolute Gasteiger partial charge is 0.494 e. The summed E-state index contributed by atoms with van der Waals surface area (Å²) in [5.41, 5.74) is 4.59. The highest BCUT2D eigenvalue weighted by atomic mass is 79.9. The topological polar surface area (TPSA) is 85.9 Å². The average molecular weight is 437 g/mol. The van der Waals surface area contributed by atoms with Gasteiger partial charge in [0.15, 0.2) is 12.7 Å². The standard InChI is InChI=1S/C19H21BrN2O5/c1-3-25-15-8-10-17(11-9-15)27-13(2)19(24)22-21-18(23)12-26-16-6-4-14(20)5-7-16/h4-11,13H,3,12H2,1-2H3,(H,21,23)(H,22,24). The summed E-state index contributed by atoms with van der Waals surface area (Å²) < 4.78 is 17.1. The predicted octanol–water partition coefficient (Wildman–Crippen LogP) is 2.84. The first-order chi connectivity index (χ1) is 13.0. The Morgan fingerprint density at radius 3 is 2.11 bits per heavy atom. The zero-order chi connectivity index (χ0) is 19.6. The van der Waals surface area contributed by atoms with Gasteiger partial charge in [0, 0.05) is 4.47 Å². The molecule has 0 saturated heterocycles. The van der Waals surface area contributed by atoms with Crippen LogP contribution in [0, 0.1) is 0 Å². The Hall–Kier alpha value is -2.74. The SMILES string of the molecule is CCOc1ccc(OC(C)C(=O)NNC(=O)COc2ccc(Br)cc2)cc1. The summed E-state index contributed by atoms with van der Waals surface area (Å²) in [6.07, 6.45) is -0.796. The number of hydrazine groups is 1. The summed E-state index contributed by atoms with van der Waals surface area (Å²) in [6.45, 7) is 3.83. The van der Waals surface area contributed by atoms with Gasteiger partial charge < -0.3 is 14.2 Å². The van der Waals surface area contributed by atoms with Gasteiger partial charge in [0.05, 0.1) is 6.61 Å². The molecule has 1 atom stereocenters. The zero-order valence-electron chi connectivity index (χ0n) is 15.0. The lowest BCUT2D eigenvalue weighted by Gasteiger charge is -2.15. The molecular weight excluding hydrogens is 416 g/mol. The Labute approximate surface area is 166 Å². The number of benzene rings is 2. The number of carbonyl (C=O) groups is 2. The minimum Gasteiger partial charge on any atom is -0.494 e. The molecule has 2 aromatic carbocycles. The Kier molecular flexibility index (Phi) is 7.94. The van der Waals surface area contributed by atoms with Crippen LogP contribution in [0.15, 0.2) is 53.0 Å². The summed E-state index contributed by atoms with van der Waals surface area (Å²) >= 11 is 3.31. The minimum absolute atomic E-state index is 0.226. The molecule has 2 rings (SSSR count). The molecule has 2 amide bonds. The smallest absolute Gasteiger partial charge is 0.279 e. The van der Waals surface area contributed by atoms with Crippen LogP contribution in [0.3, 0.4) is 0 Å². The molecule has 7 nitrogen and oxygen atoms in total. The van der Waals surface area contributed by atoms with Crippen molar-refractivity contribution in [3.05, 3.63) is 53.0 Å². The summed E-state index contributed by atoms with van der Waals surface area (Å²) in [5.74, 6) is 0.818. The van der Waals surface area contributed by atoms with E-state index in [1.54, 1.807) is 55.5 Å². The second-order valence-electron chi connectivity index (χ2n) is 5.44. The fourth-order valence-electron chi connectivity index (χ4n) is 1.99. The quantitative estimate of drug-likeness (QED) is 0.621. The highest BCUT2D eigenvalue weighted by molar-refractivity contribution is 9.10. The van der Waals surface area contributed by atoms with Crippen LogP contribution < -0.4 is 25.1 Å². The maximum absolute atomic E-state index is 12.0. The lowest BCUT2D eigenvalue weighted by molar-refractivity contribution is -0.133. The molecule has 0 aliphatic rings. The van der Waals surface area contributed by atoms with E-state index in [-0.39, 0.29) is 6.61 Å². The van der Waals surface area contributed by atoms with E-state index in [1.165, 1.54) is 0 Å². The van der Waals surface area contributed by atoms with E-state index in [1.807, 2.05) is 6.92 Å². The summed E-state index contributed by atoms with van der Waals surface area (Å²) in [6, 6.07) is 14.0. The van der Waals surface area contributed by atoms with Crippen LogP contribution in [0.25, 0.3) is 0 Å². The molecular formula is C19H21BrN2O5. The Morgan fingerprint density at radius 2 is 1.48 bits per heavy atom. The van der Waals surface area contributed by atoms with Crippen molar-refractivity contribution in [2.75, 3.05) is 13.2 Å². The van der Waals surface area contributed by atoms with Gasteiger partial charge >= 0.3 is 0 Å². The van der Waals surface area contributed by atoms with Gasteiger partial charge in [-0.1, -0.05) is 15.9 Å². The van der Waals surface area contributed by atoms with E-state index in [0.29, 0.717) is 18.1 Å². The third-order valence-corrected chi connectivity index (χ3v) is 3.85. The number of ether oxygens (including phenoxy) is 3. The van der Waals surface area contributed by atoms with Gasteiger partial charge in [0.25, 0.3) is 11.8 Å². The Balaban J connectivity index is 1.71. The molecule has 0 aromatic heterocycles. The van der Waals surface area contributed by atoms with Crippen LogP contribution in [0.2, 0.25) is 0 Å². The van der Waals surface area contributed by atoms with Crippen LogP contribution in [0.1, 0.15) is 13.8 Å². The number of hydrogen-bond acceptors (Lipinski definition) is 5. The molecule has 0 fully saturated rings. The fourth-order valence-corrected chi connectivity index (χ4v) is 2.25. The maximum Gasteiger partial charge on any atom is 0.279 e. The molecule has 0 aliphatic heterocycles. The van der Waals surface area contributed by atoms with E-state index in [4.69, 9.17) is 14.2 Å². The van der Waals surface area contributed by atoms with Crippen molar-refractivity contribution in [2.24, 2.45) is 0 Å². The molecule has 27 heavy (non-hydrogen) atoms. The van der Waals surface area contributed by atoms with Gasteiger partial charge in [-0.25, -0.2) is 0 Å². The van der Waals surface area contributed by atoms with Gasteiger partial charge in [-0.3, -0.25) is 20.4 Å². The number of amides is 2. The number of carbonyl (C=O) groups excluding carboxylic acids is 2. The summed E-state index contributed by atoms with van der Waals surface area (Å²) in [4.78, 5) is 23.8. The van der Waals surface area contributed by atoms with Gasteiger partial charge in [0.1, 0.15) is 17.2 Å². The van der Waals surface area contributed by atoms with Gasteiger partial charge in [-0.2, -0.15) is 0 Å². The number of halogens is 1. The van der Waals surface area contributed by atoms with Crippen molar-refractivity contribution in [3.63, 3.8) is 0 Å². The molecule has 8 heteroatoms.